The molecule has 0 aromatic heterocycles. The Hall–Kier alpha value is -4.51. The van der Waals surface area contributed by atoms with Gasteiger partial charge in [0.05, 0.1) is 17.5 Å². The van der Waals surface area contributed by atoms with Crippen molar-refractivity contribution >= 4 is 17.9 Å². The number of ketones is 2. The van der Waals surface area contributed by atoms with Crippen LogP contribution in [0.4, 0.5) is 0 Å². The van der Waals surface area contributed by atoms with E-state index >= 15 is 0 Å². The molecule has 0 spiro atoms. The first-order valence-electron chi connectivity index (χ1n) is 11.1. The summed E-state index contributed by atoms with van der Waals surface area (Å²) in [6.07, 6.45) is 1.10. The molecule has 0 saturated carbocycles. The summed E-state index contributed by atoms with van der Waals surface area (Å²) in [6.45, 7) is 1.43. The van der Waals surface area contributed by atoms with Gasteiger partial charge < -0.3 is 9.84 Å². The van der Waals surface area contributed by atoms with Crippen molar-refractivity contribution in [1.82, 2.24) is 0 Å². The summed E-state index contributed by atoms with van der Waals surface area (Å²) in [6, 6.07) is 32.9. The van der Waals surface area contributed by atoms with Crippen LogP contribution in [0.2, 0.25) is 0 Å². The third-order valence-electron chi connectivity index (χ3n) is 5.22. The van der Waals surface area contributed by atoms with E-state index < -0.39 is 0 Å². The number of benzene rings is 4. The van der Waals surface area contributed by atoms with Gasteiger partial charge in [-0.05, 0) is 36.8 Å². The summed E-state index contributed by atoms with van der Waals surface area (Å²) in [4.78, 5) is 32.7. The molecule has 35 heavy (non-hydrogen) atoms. The van der Waals surface area contributed by atoms with Gasteiger partial charge in [0.15, 0.2) is 11.6 Å². The number of phenolic OH excluding ortho intramolecular Hbond substituents is 1. The Bertz CT molecular complexity index is 1270. The predicted octanol–water partition coefficient (Wildman–Crippen LogP) is 6.49. The molecule has 0 amide bonds. The molecule has 1 atom stereocenters. The molecule has 1 N–H and O–H groups in total. The molecular formula is C30H26O5. The fraction of sp³-hybridized carbons (Fsp3) is 0.100. The zero-order chi connectivity index (χ0) is 25.0. The van der Waals surface area contributed by atoms with E-state index in [4.69, 9.17) is 9.84 Å². The van der Waals surface area contributed by atoms with Gasteiger partial charge in [-0.1, -0.05) is 84.9 Å². The van der Waals surface area contributed by atoms with Crippen LogP contribution in [0.1, 0.15) is 56.1 Å². The smallest absolute Gasteiger partial charge is 0.170 e. The highest BCUT2D eigenvalue weighted by molar-refractivity contribution is 6.00. The minimum absolute atomic E-state index is 0.0509. The first-order valence-corrected chi connectivity index (χ1v) is 11.1. The molecule has 5 rings (SSSR count). The van der Waals surface area contributed by atoms with Crippen LogP contribution in [0.15, 0.2) is 109 Å². The maximum absolute atomic E-state index is 12.0. The first kappa shape index (κ1) is 25.1. The normalized spacial score (nSPS) is 13.5. The average molecular weight is 467 g/mol. The Morgan fingerprint density at radius 3 is 1.97 bits per heavy atom. The highest BCUT2D eigenvalue weighted by Gasteiger charge is 2.26. The topological polar surface area (TPSA) is 80.7 Å². The van der Waals surface area contributed by atoms with Crippen molar-refractivity contribution in [2.24, 2.45) is 0 Å². The van der Waals surface area contributed by atoms with Gasteiger partial charge in [0.25, 0.3) is 0 Å². The average Bonchev–Trinajstić information content (AvgIpc) is 2.90. The lowest BCUT2D eigenvalue weighted by atomic mass is 9.96. The lowest BCUT2D eigenvalue weighted by molar-refractivity contribution is 0.0849. The molecular weight excluding hydrogens is 440 g/mol. The van der Waals surface area contributed by atoms with Gasteiger partial charge >= 0.3 is 0 Å². The zero-order valence-electron chi connectivity index (χ0n) is 19.3. The summed E-state index contributed by atoms with van der Waals surface area (Å²) < 4.78 is 5.87. The standard InChI is InChI=1S/C15H12O2.C8H8O2.C7H6O/c16-13-10-15(11-6-2-1-3-7-11)17-14-9-5-4-8-12(13)14;1-6(9)7-4-2-3-5-8(7)10;8-6-7-4-2-1-3-5-7/h1-9,15H,10H2;2-5,10H,1H3;1-6H. The minimum Gasteiger partial charge on any atom is -0.507 e. The number of hydrogen-bond donors (Lipinski definition) is 1. The van der Waals surface area contributed by atoms with Crippen molar-refractivity contribution in [3.63, 3.8) is 0 Å². The Morgan fingerprint density at radius 2 is 1.40 bits per heavy atom. The quantitative estimate of drug-likeness (QED) is 0.276. The highest BCUT2D eigenvalue weighted by Crippen LogP contribution is 2.34. The Labute approximate surface area is 204 Å². The van der Waals surface area contributed by atoms with E-state index in [0.29, 0.717) is 23.3 Å². The van der Waals surface area contributed by atoms with Crippen LogP contribution >= 0.6 is 0 Å². The first-order chi connectivity index (χ1) is 17.0. The number of phenols is 1. The molecule has 1 unspecified atom stereocenters. The molecule has 5 nitrogen and oxygen atoms in total. The van der Waals surface area contributed by atoms with Crippen molar-refractivity contribution < 1.29 is 24.2 Å². The Morgan fingerprint density at radius 1 is 0.829 bits per heavy atom. The van der Waals surface area contributed by atoms with E-state index in [1.807, 2.05) is 72.8 Å². The molecule has 5 heteroatoms. The van der Waals surface area contributed by atoms with Crippen LogP contribution in [0.5, 0.6) is 11.5 Å². The van der Waals surface area contributed by atoms with Crippen LogP contribution in [0.3, 0.4) is 0 Å². The second-order valence-corrected chi connectivity index (χ2v) is 7.74. The maximum Gasteiger partial charge on any atom is 0.170 e. The van der Waals surface area contributed by atoms with Crippen molar-refractivity contribution in [3.05, 3.63) is 131 Å². The van der Waals surface area contributed by atoms with Gasteiger partial charge in [-0.3, -0.25) is 14.4 Å². The van der Waals surface area contributed by atoms with Gasteiger partial charge in [0.1, 0.15) is 23.9 Å². The van der Waals surface area contributed by atoms with E-state index in [2.05, 4.69) is 0 Å². The number of Topliss-reactive ketones (excluding diaryl/α,β-unsaturated/α-hetero) is 2. The largest absolute Gasteiger partial charge is 0.507 e. The highest BCUT2D eigenvalue weighted by atomic mass is 16.5. The lowest BCUT2D eigenvalue weighted by Gasteiger charge is -2.25. The van der Waals surface area contributed by atoms with E-state index in [0.717, 1.165) is 17.4 Å². The summed E-state index contributed by atoms with van der Waals surface area (Å²) in [7, 11) is 0. The van der Waals surface area contributed by atoms with E-state index in [9.17, 15) is 14.4 Å². The van der Waals surface area contributed by atoms with Crippen LogP contribution in [0, 0.1) is 0 Å². The summed E-state index contributed by atoms with van der Waals surface area (Å²) in [5.41, 5.74) is 2.85. The van der Waals surface area contributed by atoms with Gasteiger partial charge in [0.2, 0.25) is 0 Å². The fourth-order valence-electron chi connectivity index (χ4n) is 3.43. The van der Waals surface area contributed by atoms with Gasteiger partial charge in [0, 0.05) is 5.56 Å². The van der Waals surface area contributed by atoms with E-state index in [-0.39, 0.29) is 23.4 Å². The van der Waals surface area contributed by atoms with Gasteiger partial charge in [-0.2, -0.15) is 0 Å². The molecule has 0 fully saturated rings. The number of ether oxygens (including phenoxy) is 1. The van der Waals surface area contributed by atoms with Crippen molar-refractivity contribution in [3.8, 4) is 11.5 Å². The second-order valence-electron chi connectivity index (χ2n) is 7.74. The predicted molar refractivity (Wildman–Crippen MR) is 135 cm³/mol. The maximum atomic E-state index is 12.0. The molecule has 1 heterocycles. The number of carbonyl (C=O) groups excluding carboxylic acids is 3. The molecule has 0 radical (unpaired) electrons. The molecule has 1 aliphatic rings. The van der Waals surface area contributed by atoms with Crippen LogP contribution < -0.4 is 4.74 Å². The van der Waals surface area contributed by atoms with Gasteiger partial charge in [-0.25, -0.2) is 0 Å². The van der Waals surface area contributed by atoms with Crippen LogP contribution in [-0.2, 0) is 0 Å². The van der Waals surface area contributed by atoms with Crippen LogP contribution in [-0.4, -0.2) is 23.0 Å². The number of fused-ring (bicyclic) bond motifs is 1. The van der Waals surface area contributed by atoms with Crippen molar-refractivity contribution in [1.29, 1.82) is 0 Å². The van der Waals surface area contributed by atoms with Crippen molar-refractivity contribution in [2.45, 2.75) is 19.4 Å². The molecule has 0 saturated heterocycles. The number of aldehydes is 1. The molecule has 4 aromatic carbocycles. The molecule has 0 aliphatic carbocycles. The number of para-hydroxylation sites is 2. The van der Waals surface area contributed by atoms with E-state index in [1.165, 1.54) is 13.0 Å². The Balaban J connectivity index is 0.000000162. The molecule has 4 aromatic rings. The number of rotatable bonds is 3. The molecule has 176 valence electrons. The Kier molecular flexibility index (Phi) is 9.08. The number of aromatic hydroxyl groups is 1. The zero-order valence-corrected chi connectivity index (χ0v) is 19.3. The third-order valence-corrected chi connectivity index (χ3v) is 5.22. The van der Waals surface area contributed by atoms with Crippen LogP contribution in [0.25, 0.3) is 0 Å². The van der Waals surface area contributed by atoms with Gasteiger partial charge in [-0.15, -0.1) is 0 Å². The molecule has 1 aliphatic heterocycles. The summed E-state index contributed by atoms with van der Waals surface area (Å²) in [5, 5.41) is 9.06. The summed E-state index contributed by atoms with van der Waals surface area (Å²) >= 11 is 0. The lowest BCUT2D eigenvalue weighted by Crippen LogP contribution is -2.20. The van der Waals surface area contributed by atoms with E-state index in [1.54, 1.807) is 30.3 Å². The van der Waals surface area contributed by atoms with Crippen molar-refractivity contribution in [2.75, 3.05) is 0 Å². The number of hydrogen-bond acceptors (Lipinski definition) is 5. The SMILES string of the molecule is CC(=O)c1ccccc1O.O=C1CC(c2ccccc2)Oc2ccccc21.O=Cc1ccccc1. The number of carbonyl (C=O) groups is 3. The third kappa shape index (κ3) is 7.24. The summed E-state index contributed by atoms with van der Waals surface area (Å²) in [5.74, 6) is 0.784. The molecule has 0 bridgehead atoms. The second kappa shape index (κ2) is 12.7. The monoisotopic (exact) mass is 466 g/mol. The minimum atomic E-state index is -0.154. The fourth-order valence-corrected chi connectivity index (χ4v) is 3.43.